The van der Waals surface area contributed by atoms with Gasteiger partial charge in [0.25, 0.3) is 0 Å². The van der Waals surface area contributed by atoms with Gasteiger partial charge in [0.15, 0.2) is 12.3 Å². The molecule has 4 heteroatoms. The Kier molecular flexibility index (Phi) is 5.76. The third-order valence-corrected chi connectivity index (χ3v) is 12.2. The van der Waals surface area contributed by atoms with E-state index in [1.54, 1.807) is 0 Å². The molecule has 0 saturated heterocycles. The highest BCUT2D eigenvalue weighted by atomic mass is 28.4. The first-order chi connectivity index (χ1) is 10.3. The van der Waals surface area contributed by atoms with Crippen LogP contribution in [0.15, 0.2) is 0 Å². The van der Waals surface area contributed by atoms with Crippen LogP contribution in [0.2, 0.25) is 16.6 Å². The Morgan fingerprint density at radius 3 is 2.18 bits per heavy atom. The van der Waals surface area contributed by atoms with Crippen molar-refractivity contribution in [3.63, 3.8) is 0 Å². The molecule has 2 rings (SSSR count). The Balaban J connectivity index is 2.19. The van der Waals surface area contributed by atoms with Gasteiger partial charge in [-0.25, -0.2) is 4.74 Å². The van der Waals surface area contributed by atoms with Crippen LogP contribution >= 0.6 is 0 Å². The van der Waals surface area contributed by atoms with Crippen LogP contribution in [0.5, 0.6) is 0 Å². The van der Waals surface area contributed by atoms with Gasteiger partial charge in [-0.3, -0.25) is 0 Å². The lowest BCUT2D eigenvalue weighted by atomic mass is 10.0. The van der Waals surface area contributed by atoms with E-state index in [1.807, 2.05) is 0 Å². The van der Waals surface area contributed by atoms with Crippen molar-refractivity contribution in [2.45, 2.75) is 96.4 Å². The topological polar surface area (TPSA) is 35.3 Å². The summed E-state index contributed by atoms with van der Waals surface area (Å²) in [5.41, 5.74) is 2.99. The maximum atomic E-state index is 12.2. The fourth-order valence-electron chi connectivity index (χ4n) is 5.10. The molecule has 0 bridgehead atoms. The van der Waals surface area contributed by atoms with Crippen molar-refractivity contribution in [2.24, 2.45) is 5.92 Å². The van der Waals surface area contributed by atoms with E-state index in [0.717, 1.165) is 25.0 Å². The van der Waals surface area contributed by atoms with Crippen LogP contribution in [0.25, 0.3) is 0 Å². The van der Waals surface area contributed by atoms with Gasteiger partial charge in [0.1, 0.15) is 0 Å². The zero-order valence-electron chi connectivity index (χ0n) is 15.4. The molecule has 0 aromatic rings. The number of hydrogen-bond acceptors (Lipinski definition) is 2. The molecule has 1 heterocycles. The maximum absolute atomic E-state index is 12.2. The average Bonchev–Trinajstić information content (AvgIpc) is 2.74. The van der Waals surface area contributed by atoms with Crippen LogP contribution in [0.1, 0.15) is 73.6 Å². The van der Waals surface area contributed by atoms with E-state index < -0.39 is 8.32 Å². The lowest BCUT2D eigenvalue weighted by Gasteiger charge is -2.44. The summed E-state index contributed by atoms with van der Waals surface area (Å²) in [4.78, 5) is 0. The van der Waals surface area contributed by atoms with Gasteiger partial charge in [0.05, 0.1) is 12.5 Å². The van der Waals surface area contributed by atoms with Gasteiger partial charge < -0.3 is 9.63 Å². The van der Waals surface area contributed by atoms with Gasteiger partial charge in [-0.1, -0.05) is 41.5 Å². The van der Waals surface area contributed by atoms with Crippen LogP contribution in [-0.2, 0) is 4.43 Å². The highest BCUT2D eigenvalue weighted by Gasteiger charge is 2.49. The molecule has 0 aromatic heterocycles. The molecule has 0 unspecified atom stereocenters. The largest absolute Gasteiger partial charge is 0.624 e. The third-order valence-electron chi connectivity index (χ3n) is 6.02. The van der Waals surface area contributed by atoms with Crippen LogP contribution < -0.4 is 0 Å². The maximum Gasteiger partial charge on any atom is 0.200 e. The molecule has 0 N–H and O–H groups in total. The van der Waals surface area contributed by atoms with Gasteiger partial charge in [-0.05, 0) is 35.9 Å². The van der Waals surface area contributed by atoms with Crippen LogP contribution in [0.4, 0.5) is 0 Å². The Morgan fingerprint density at radius 2 is 1.64 bits per heavy atom. The quantitative estimate of drug-likeness (QED) is 0.401. The van der Waals surface area contributed by atoms with Crippen molar-refractivity contribution in [3.8, 4) is 0 Å². The number of fused-ring (bicyclic) bond motifs is 1. The smallest absolute Gasteiger partial charge is 0.200 e. The van der Waals surface area contributed by atoms with Crippen molar-refractivity contribution in [2.75, 3.05) is 6.54 Å². The molecular formula is C18H35NO2Si. The van der Waals surface area contributed by atoms with E-state index in [-0.39, 0.29) is 6.10 Å². The summed E-state index contributed by atoms with van der Waals surface area (Å²) in [5, 5.41) is 12.2. The third kappa shape index (κ3) is 3.28. The molecule has 1 aliphatic heterocycles. The Morgan fingerprint density at radius 1 is 1.05 bits per heavy atom. The molecule has 0 aromatic carbocycles. The molecule has 1 aliphatic carbocycles. The van der Waals surface area contributed by atoms with Crippen molar-refractivity contribution in [1.29, 1.82) is 0 Å². The molecule has 1 saturated carbocycles. The van der Waals surface area contributed by atoms with Gasteiger partial charge in [-0.2, -0.15) is 0 Å². The summed E-state index contributed by atoms with van der Waals surface area (Å²) >= 11 is 0. The van der Waals surface area contributed by atoms with E-state index in [4.69, 9.17) is 4.43 Å². The second-order valence-electron chi connectivity index (χ2n) is 8.28. The second-order valence-corrected chi connectivity index (χ2v) is 13.7. The average molecular weight is 326 g/mol. The fourth-order valence-corrected chi connectivity index (χ4v) is 10.7. The number of rotatable bonds is 5. The summed E-state index contributed by atoms with van der Waals surface area (Å²) < 4.78 is 8.21. The first-order valence-corrected chi connectivity index (χ1v) is 11.4. The molecule has 2 aliphatic rings. The first-order valence-electron chi connectivity index (χ1n) is 9.27. The van der Waals surface area contributed by atoms with Gasteiger partial charge >= 0.3 is 0 Å². The Bertz CT molecular complexity index is 396. The molecule has 0 spiro atoms. The first kappa shape index (κ1) is 18.0. The minimum absolute atomic E-state index is 0.286. The van der Waals surface area contributed by atoms with Crippen molar-refractivity contribution >= 4 is 14.0 Å². The normalized spacial score (nSPS) is 27.0. The number of nitrogens with zero attached hydrogens (tertiary/aromatic N) is 1. The highest BCUT2D eigenvalue weighted by molar-refractivity contribution is 6.77. The van der Waals surface area contributed by atoms with E-state index in [1.165, 1.54) is 17.6 Å². The van der Waals surface area contributed by atoms with Crippen molar-refractivity contribution in [1.82, 2.24) is 0 Å². The minimum atomic E-state index is -1.83. The minimum Gasteiger partial charge on any atom is -0.624 e. The summed E-state index contributed by atoms with van der Waals surface area (Å²) in [6, 6.07) is 0. The summed E-state index contributed by atoms with van der Waals surface area (Å²) in [7, 11) is -1.83. The molecule has 0 radical (unpaired) electrons. The van der Waals surface area contributed by atoms with Crippen LogP contribution in [0.3, 0.4) is 0 Å². The lowest BCUT2D eigenvalue weighted by molar-refractivity contribution is -0.460. The van der Waals surface area contributed by atoms with E-state index in [2.05, 4.69) is 41.5 Å². The van der Waals surface area contributed by atoms with Crippen molar-refractivity contribution in [3.05, 3.63) is 5.21 Å². The van der Waals surface area contributed by atoms with E-state index in [0.29, 0.717) is 29.1 Å². The molecule has 3 nitrogen and oxygen atoms in total. The predicted octanol–water partition coefficient (Wildman–Crippen LogP) is 5.09. The molecule has 128 valence electrons. The van der Waals surface area contributed by atoms with E-state index >= 15 is 0 Å². The molecule has 2 atom stereocenters. The Labute approximate surface area is 137 Å². The monoisotopic (exact) mass is 325 g/mol. The predicted molar refractivity (Wildman–Crippen MR) is 96.0 cm³/mol. The lowest BCUT2D eigenvalue weighted by Crippen LogP contribution is -2.50. The van der Waals surface area contributed by atoms with Gasteiger partial charge in [0, 0.05) is 12.3 Å². The number of hydrogen-bond donors (Lipinski definition) is 0. The van der Waals surface area contributed by atoms with E-state index in [9.17, 15) is 5.21 Å². The number of hydroxylamine groups is 1. The summed E-state index contributed by atoms with van der Waals surface area (Å²) in [6.45, 7) is 14.7. The molecule has 0 amide bonds. The zero-order valence-corrected chi connectivity index (χ0v) is 16.4. The molecular weight excluding hydrogens is 290 g/mol. The summed E-state index contributed by atoms with van der Waals surface area (Å²) in [6.07, 6.45) is 5.68. The molecule has 22 heavy (non-hydrogen) atoms. The van der Waals surface area contributed by atoms with Crippen LogP contribution in [-0.4, -0.2) is 31.4 Å². The van der Waals surface area contributed by atoms with Crippen LogP contribution in [0, 0.1) is 11.1 Å². The standard InChI is InChI=1S/C18H35NO2Si/c1-13(2)22(14(3)4,15(5)6)21-17-11-16-9-7-8-10-19(20)18(16)12-17/h13-17H,7-12H2,1-6H3/t16-,17+/m0/s1. The molecule has 1 fully saturated rings. The summed E-state index contributed by atoms with van der Waals surface area (Å²) in [5.74, 6) is 0.489. The SMILES string of the molecule is CC(C)[Si](O[C@H]1CC2=[N+]([O-])CCCC[C@H]2C1)(C(C)C)C(C)C. The second kappa shape index (κ2) is 7.04. The Hall–Kier alpha value is -0.353. The fraction of sp³-hybridized carbons (Fsp3) is 0.944. The van der Waals surface area contributed by atoms with Crippen molar-refractivity contribution < 1.29 is 9.16 Å². The zero-order chi connectivity index (χ0) is 16.5. The van der Waals surface area contributed by atoms with Gasteiger partial charge in [-0.15, -0.1) is 0 Å². The highest BCUT2D eigenvalue weighted by Crippen LogP contribution is 2.45. The van der Waals surface area contributed by atoms with Gasteiger partial charge in [0.2, 0.25) is 8.32 Å².